The van der Waals surface area contributed by atoms with Gasteiger partial charge in [-0.05, 0) is 38.0 Å². The summed E-state index contributed by atoms with van der Waals surface area (Å²) in [6.07, 6.45) is 0. The van der Waals surface area contributed by atoms with E-state index in [1.54, 1.807) is 0 Å². The van der Waals surface area contributed by atoms with E-state index >= 15 is 0 Å². The van der Waals surface area contributed by atoms with Crippen LogP contribution in [0.15, 0.2) is 30.3 Å². The Hall–Kier alpha value is -1.12. The molecule has 1 aromatic carbocycles. The van der Waals surface area contributed by atoms with Gasteiger partial charge in [0.1, 0.15) is 0 Å². The minimum Gasteiger partial charge on any atom is -0.139 e. The van der Waals surface area contributed by atoms with Gasteiger partial charge in [-0.2, -0.15) is 0 Å². The highest BCUT2D eigenvalue weighted by molar-refractivity contribution is 7.28. The highest BCUT2D eigenvalue weighted by Gasteiger charge is 2.14. The molecule has 2 heteroatoms. The first kappa shape index (κ1) is 11.0. The van der Waals surface area contributed by atoms with Gasteiger partial charge in [-0.3, -0.25) is 0 Å². The molecule has 0 unspecified atom stereocenters. The second-order valence-electron chi connectivity index (χ2n) is 4.40. The molecule has 0 bridgehead atoms. The SMILES string of the molecule is Cc1cc2sc(C)c(-c3ccccc3C)c2s1. The van der Waals surface area contributed by atoms with Crippen LogP contribution in [0.4, 0.5) is 0 Å². The highest BCUT2D eigenvalue weighted by atomic mass is 32.1. The van der Waals surface area contributed by atoms with Crippen molar-refractivity contribution in [1.82, 2.24) is 0 Å². The largest absolute Gasteiger partial charge is 0.139 e. The molecule has 3 rings (SSSR count). The molecule has 0 atom stereocenters. The van der Waals surface area contributed by atoms with Crippen LogP contribution < -0.4 is 0 Å². The van der Waals surface area contributed by atoms with Gasteiger partial charge in [0.15, 0.2) is 0 Å². The molecule has 3 aromatic rings. The minimum atomic E-state index is 1.36. The summed E-state index contributed by atoms with van der Waals surface area (Å²) >= 11 is 3.83. The molecule has 0 amide bonds. The van der Waals surface area contributed by atoms with E-state index in [1.165, 1.54) is 35.8 Å². The molecule has 0 saturated heterocycles. The molecule has 0 fully saturated rings. The van der Waals surface area contributed by atoms with Crippen LogP contribution in [0.25, 0.3) is 20.5 Å². The average Bonchev–Trinajstić information content (AvgIpc) is 2.75. The van der Waals surface area contributed by atoms with Gasteiger partial charge in [0.05, 0.1) is 4.70 Å². The second kappa shape index (κ2) is 3.97. The van der Waals surface area contributed by atoms with Gasteiger partial charge in [-0.1, -0.05) is 24.3 Å². The van der Waals surface area contributed by atoms with Crippen molar-refractivity contribution in [2.75, 3.05) is 0 Å². The minimum absolute atomic E-state index is 1.36. The van der Waals surface area contributed by atoms with Crippen LogP contribution in [0.2, 0.25) is 0 Å². The number of aryl methyl sites for hydroxylation is 3. The van der Waals surface area contributed by atoms with Crippen molar-refractivity contribution in [2.24, 2.45) is 0 Å². The van der Waals surface area contributed by atoms with Crippen LogP contribution >= 0.6 is 22.7 Å². The Kier molecular flexibility index (Phi) is 2.57. The Bertz CT molecular complexity index is 686. The molecule has 0 aliphatic rings. The topological polar surface area (TPSA) is 0 Å². The normalized spacial score (nSPS) is 11.2. The van der Waals surface area contributed by atoms with Crippen molar-refractivity contribution in [1.29, 1.82) is 0 Å². The maximum atomic E-state index is 2.30. The molecule has 0 N–H and O–H groups in total. The summed E-state index contributed by atoms with van der Waals surface area (Å²) in [6, 6.07) is 11.0. The Balaban J connectivity index is 2.36. The van der Waals surface area contributed by atoms with Crippen LogP contribution in [0.1, 0.15) is 15.3 Å². The number of hydrogen-bond donors (Lipinski definition) is 0. The Morgan fingerprint density at radius 3 is 2.47 bits per heavy atom. The first-order valence-electron chi connectivity index (χ1n) is 5.72. The number of thiophene rings is 2. The maximum Gasteiger partial charge on any atom is 0.0534 e. The third-order valence-electron chi connectivity index (χ3n) is 3.08. The lowest BCUT2D eigenvalue weighted by molar-refractivity contribution is 1.46. The molecular formula is C15H14S2. The Labute approximate surface area is 110 Å². The van der Waals surface area contributed by atoms with Crippen molar-refractivity contribution in [2.45, 2.75) is 20.8 Å². The predicted octanol–water partition coefficient (Wildman–Crippen LogP) is 5.56. The molecule has 0 radical (unpaired) electrons. The smallest absolute Gasteiger partial charge is 0.0534 e. The van der Waals surface area contributed by atoms with Crippen LogP contribution in [0, 0.1) is 20.8 Å². The Morgan fingerprint density at radius 2 is 1.71 bits per heavy atom. The van der Waals surface area contributed by atoms with E-state index < -0.39 is 0 Å². The zero-order valence-corrected chi connectivity index (χ0v) is 11.8. The zero-order valence-electron chi connectivity index (χ0n) is 10.2. The van der Waals surface area contributed by atoms with Crippen molar-refractivity contribution in [3.8, 4) is 11.1 Å². The lowest BCUT2D eigenvalue weighted by Crippen LogP contribution is -1.81. The van der Waals surface area contributed by atoms with Crippen molar-refractivity contribution >= 4 is 32.1 Å². The molecule has 2 heterocycles. The van der Waals surface area contributed by atoms with E-state index in [-0.39, 0.29) is 0 Å². The van der Waals surface area contributed by atoms with E-state index in [1.807, 2.05) is 22.7 Å². The van der Waals surface area contributed by atoms with Crippen LogP contribution in [-0.4, -0.2) is 0 Å². The summed E-state index contributed by atoms with van der Waals surface area (Å²) in [7, 11) is 0. The third kappa shape index (κ3) is 1.72. The summed E-state index contributed by atoms with van der Waals surface area (Å²) in [4.78, 5) is 2.83. The van der Waals surface area contributed by atoms with Gasteiger partial charge in [0.25, 0.3) is 0 Å². The summed E-state index contributed by atoms with van der Waals surface area (Å²) in [5.74, 6) is 0. The van der Waals surface area contributed by atoms with Gasteiger partial charge in [-0.15, -0.1) is 22.7 Å². The second-order valence-corrected chi connectivity index (χ2v) is 6.91. The van der Waals surface area contributed by atoms with Crippen molar-refractivity contribution in [3.63, 3.8) is 0 Å². The highest BCUT2D eigenvalue weighted by Crippen LogP contribution is 2.43. The molecule has 0 nitrogen and oxygen atoms in total. The number of fused-ring (bicyclic) bond motifs is 1. The number of hydrogen-bond acceptors (Lipinski definition) is 2. The number of rotatable bonds is 1. The quantitative estimate of drug-likeness (QED) is 0.536. The summed E-state index contributed by atoms with van der Waals surface area (Å²) < 4.78 is 2.89. The molecule has 0 spiro atoms. The first-order valence-corrected chi connectivity index (χ1v) is 7.35. The summed E-state index contributed by atoms with van der Waals surface area (Å²) in [5.41, 5.74) is 4.20. The standard InChI is InChI=1S/C15H14S2/c1-9-6-4-5-7-12(9)14-11(3)17-13-8-10(2)16-15(13)14/h4-8H,1-3H3. The van der Waals surface area contributed by atoms with E-state index in [9.17, 15) is 0 Å². The van der Waals surface area contributed by atoms with Crippen LogP contribution in [0.3, 0.4) is 0 Å². The van der Waals surface area contributed by atoms with E-state index in [0.717, 1.165) is 0 Å². The molecule has 86 valence electrons. The molecule has 17 heavy (non-hydrogen) atoms. The lowest BCUT2D eigenvalue weighted by Gasteiger charge is -2.05. The fourth-order valence-corrected chi connectivity index (χ4v) is 4.77. The number of benzene rings is 1. The van der Waals surface area contributed by atoms with E-state index in [0.29, 0.717) is 0 Å². The summed E-state index contributed by atoms with van der Waals surface area (Å²) in [6.45, 7) is 6.61. The van der Waals surface area contributed by atoms with Crippen LogP contribution in [-0.2, 0) is 0 Å². The van der Waals surface area contributed by atoms with Gasteiger partial charge in [-0.25, -0.2) is 0 Å². The summed E-state index contributed by atoms with van der Waals surface area (Å²) in [5, 5.41) is 0. The van der Waals surface area contributed by atoms with E-state index in [2.05, 4.69) is 51.1 Å². The van der Waals surface area contributed by atoms with Crippen molar-refractivity contribution in [3.05, 3.63) is 45.6 Å². The molecule has 0 aliphatic carbocycles. The lowest BCUT2D eigenvalue weighted by atomic mass is 10.0. The monoisotopic (exact) mass is 258 g/mol. The van der Waals surface area contributed by atoms with Crippen molar-refractivity contribution < 1.29 is 0 Å². The average molecular weight is 258 g/mol. The van der Waals surface area contributed by atoms with Gasteiger partial charge in [0, 0.05) is 20.0 Å². The fraction of sp³-hybridized carbons (Fsp3) is 0.200. The molecular weight excluding hydrogens is 244 g/mol. The first-order chi connectivity index (χ1) is 8.16. The molecule has 2 aromatic heterocycles. The van der Waals surface area contributed by atoms with Gasteiger partial charge < -0.3 is 0 Å². The third-order valence-corrected chi connectivity index (χ3v) is 5.33. The molecule has 0 saturated carbocycles. The van der Waals surface area contributed by atoms with Gasteiger partial charge >= 0.3 is 0 Å². The van der Waals surface area contributed by atoms with Gasteiger partial charge in [0.2, 0.25) is 0 Å². The van der Waals surface area contributed by atoms with Crippen LogP contribution in [0.5, 0.6) is 0 Å². The maximum absolute atomic E-state index is 2.30. The fourth-order valence-electron chi connectivity index (χ4n) is 2.28. The zero-order chi connectivity index (χ0) is 12.0. The van der Waals surface area contributed by atoms with E-state index in [4.69, 9.17) is 0 Å². The molecule has 0 aliphatic heterocycles. The Morgan fingerprint density at radius 1 is 0.941 bits per heavy atom. The predicted molar refractivity (Wildman–Crippen MR) is 79.3 cm³/mol.